The van der Waals surface area contributed by atoms with Crippen LogP contribution in [0.25, 0.3) is 0 Å². The lowest BCUT2D eigenvalue weighted by Crippen LogP contribution is -2.13. The summed E-state index contributed by atoms with van der Waals surface area (Å²) < 4.78 is 31.4. The van der Waals surface area contributed by atoms with Crippen LogP contribution in [0.1, 0.15) is 20.3 Å². The highest BCUT2D eigenvalue weighted by Crippen LogP contribution is 2.35. The van der Waals surface area contributed by atoms with Crippen molar-refractivity contribution in [2.75, 3.05) is 6.61 Å². The minimum absolute atomic E-state index is 0.0561. The van der Waals surface area contributed by atoms with Crippen molar-refractivity contribution < 1.29 is 13.5 Å². The summed E-state index contributed by atoms with van der Waals surface area (Å²) in [4.78, 5) is 0. The van der Waals surface area contributed by atoms with Gasteiger partial charge in [0.05, 0.1) is 6.61 Å². The Morgan fingerprint density at radius 1 is 1.46 bits per heavy atom. The first-order chi connectivity index (χ1) is 6.07. The molecule has 1 rings (SSSR count). The fraction of sp³-hybridized carbons (Fsp3) is 0.556. The Labute approximate surface area is 77.9 Å². The molecule has 0 bridgehead atoms. The fourth-order valence-corrected chi connectivity index (χ4v) is 1.51. The fourth-order valence-electron chi connectivity index (χ4n) is 1.51. The molecule has 0 N–H and O–H groups in total. The van der Waals surface area contributed by atoms with Crippen molar-refractivity contribution in [3.63, 3.8) is 0 Å². The van der Waals surface area contributed by atoms with E-state index in [1.807, 2.05) is 6.92 Å². The van der Waals surface area contributed by atoms with Gasteiger partial charge >= 0.3 is 0 Å². The SMILES string of the molecule is BC1=C(F)C(F)=C(OCC)C(C)C1. The van der Waals surface area contributed by atoms with E-state index in [4.69, 9.17) is 4.74 Å². The minimum atomic E-state index is -0.821. The second kappa shape index (κ2) is 3.94. The lowest BCUT2D eigenvalue weighted by molar-refractivity contribution is 0.178. The van der Waals surface area contributed by atoms with Crippen LogP contribution in [0.15, 0.2) is 22.9 Å². The summed E-state index contributed by atoms with van der Waals surface area (Å²) in [6, 6.07) is 0. The van der Waals surface area contributed by atoms with E-state index in [0.29, 0.717) is 18.5 Å². The third-order valence-electron chi connectivity index (χ3n) is 2.14. The average Bonchev–Trinajstić information content (AvgIpc) is 2.09. The molecule has 0 spiro atoms. The zero-order chi connectivity index (χ0) is 10.0. The van der Waals surface area contributed by atoms with Gasteiger partial charge in [0, 0.05) is 5.92 Å². The average molecular weight is 186 g/mol. The van der Waals surface area contributed by atoms with Gasteiger partial charge in [-0.3, -0.25) is 0 Å². The first kappa shape index (κ1) is 10.3. The van der Waals surface area contributed by atoms with E-state index in [-0.39, 0.29) is 11.7 Å². The molecule has 1 atom stereocenters. The maximum atomic E-state index is 13.3. The standard InChI is InChI=1S/C9H13BF2O/c1-3-13-9-5(2)4-6(10)7(11)8(9)12/h5H,3-4,10H2,1-2H3. The summed E-state index contributed by atoms with van der Waals surface area (Å²) in [5.74, 6) is -1.47. The normalized spacial score (nSPS) is 23.8. The van der Waals surface area contributed by atoms with Gasteiger partial charge in [0.1, 0.15) is 13.6 Å². The van der Waals surface area contributed by atoms with Gasteiger partial charge in [-0.05, 0) is 13.3 Å². The molecule has 0 aromatic heterocycles. The van der Waals surface area contributed by atoms with Gasteiger partial charge in [-0.25, -0.2) is 8.78 Å². The van der Waals surface area contributed by atoms with Gasteiger partial charge in [-0.2, -0.15) is 0 Å². The molecule has 0 saturated heterocycles. The van der Waals surface area contributed by atoms with Crippen LogP contribution in [0.5, 0.6) is 0 Å². The largest absolute Gasteiger partial charge is 0.495 e. The number of halogens is 2. The van der Waals surface area contributed by atoms with Crippen LogP contribution < -0.4 is 0 Å². The van der Waals surface area contributed by atoms with Crippen LogP contribution in [-0.4, -0.2) is 14.5 Å². The van der Waals surface area contributed by atoms with Crippen molar-refractivity contribution in [1.82, 2.24) is 0 Å². The third-order valence-corrected chi connectivity index (χ3v) is 2.14. The van der Waals surface area contributed by atoms with Gasteiger partial charge in [0.15, 0.2) is 11.7 Å². The van der Waals surface area contributed by atoms with E-state index in [1.54, 1.807) is 14.8 Å². The molecule has 0 fully saturated rings. The first-order valence-electron chi connectivity index (χ1n) is 4.46. The van der Waals surface area contributed by atoms with Crippen molar-refractivity contribution in [2.24, 2.45) is 5.92 Å². The van der Waals surface area contributed by atoms with Gasteiger partial charge in [0.25, 0.3) is 0 Å². The Hall–Kier alpha value is -0.795. The van der Waals surface area contributed by atoms with Crippen LogP contribution in [-0.2, 0) is 4.74 Å². The number of hydrogen-bond acceptors (Lipinski definition) is 1. The van der Waals surface area contributed by atoms with Crippen molar-refractivity contribution >= 4 is 7.85 Å². The zero-order valence-electron chi connectivity index (χ0n) is 8.16. The Kier molecular flexibility index (Phi) is 3.12. The van der Waals surface area contributed by atoms with E-state index in [9.17, 15) is 8.78 Å². The third kappa shape index (κ3) is 1.93. The summed E-state index contributed by atoms with van der Waals surface area (Å²) >= 11 is 0. The first-order valence-corrected chi connectivity index (χ1v) is 4.46. The van der Waals surface area contributed by atoms with Gasteiger partial charge in [0.2, 0.25) is 0 Å². The molecule has 0 aromatic carbocycles. The van der Waals surface area contributed by atoms with E-state index < -0.39 is 11.7 Å². The molecule has 0 aliphatic heterocycles. The number of hydrogen-bond donors (Lipinski definition) is 0. The molecule has 0 aromatic rings. The second-order valence-electron chi connectivity index (χ2n) is 3.31. The lowest BCUT2D eigenvalue weighted by atomic mass is 9.81. The quantitative estimate of drug-likeness (QED) is 0.599. The van der Waals surface area contributed by atoms with E-state index in [2.05, 4.69) is 0 Å². The zero-order valence-corrected chi connectivity index (χ0v) is 8.16. The molecule has 4 heteroatoms. The van der Waals surface area contributed by atoms with Crippen LogP contribution in [0.3, 0.4) is 0 Å². The summed E-state index contributed by atoms with van der Waals surface area (Å²) in [7, 11) is 1.61. The Morgan fingerprint density at radius 2 is 2.08 bits per heavy atom. The highest BCUT2D eigenvalue weighted by Gasteiger charge is 2.26. The monoisotopic (exact) mass is 186 g/mol. The lowest BCUT2D eigenvalue weighted by Gasteiger charge is -2.22. The summed E-state index contributed by atoms with van der Waals surface area (Å²) in [6.07, 6.45) is 0.536. The predicted octanol–water partition coefficient (Wildman–Crippen LogP) is 2.06. The molecule has 1 aliphatic rings. The Balaban J connectivity index is 2.99. The van der Waals surface area contributed by atoms with E-state index >= 15 is 0 Å². The van der Waals surface area contributed by atoms with Crippen molar-refractivity contribution in [3.05, 3.63) is 22.9 Å². The number of rotatable bonds is 2. The van der Waals surface area contributed by atoms with Crippen LogP contribution >= 0.6 is 0 Å². The molecule has 1 aliphatic carbocycles. The smallest absolute Gasteiger partial charge is 0.195 e. The molecule has 1 nitrogen and oxygen atoms in total. The summed E-state index contributed by atoms with van der Waals surface area (Å²) in [5.41, 5.74) is 0.466. The maximum Gasteiger partial charge on any atom is 0.195 e. The molecular weight excluding hydrogens is 173 g/mol. The highest BCUT2D eigenvalue weighted by molar-refractivity contribution is 6.22. The Bertz CT molecular complexity index is 271. The predicted molar refractivity (Wildman–Crippen MR) is 50.2 cm³/mol. The molecule has 72 valence electrons. The van der Waals surface area contributed by atoms with Crippen molar-refractivity contribution in [2.45, 2.75) is 20.3 Å². The van der Waals surface area contributed by atoms with E-state index in [1.165, 1.54) is 0 Å². The second-order valence-corrected chi connectivity index (χ2v) is 3.31. The molecule has 1 unspecified atom stereocenters. The van der Waals surface area contributed by atoms with Gasteiger partial charge in [-0.1, -0.05) is 12.4 Å². The number of ether oxygens (including phenoxy) is 1. The molecule has 0 saturated carbocycles. The molecule has 0 amide bonds. The Morgan fingerprint density at radius 3 is 2.62 bits per heavy atom. The molecule has 0 heterocycles. The molecule has 13 heavy (non-hydrogen) atoms. The number of allylic oxidation sites excluding steroid dienone is 4. The van der Waals surface area contributed by atoms with Gasteiger partial charge in [-0.15, -0.1) is 0 Å². The van der Waals surface area contributed by atoms with Crippen molar-refractivity contribution in [3.8, 4) is 0 Å². The molecule has 0 radical (unpaired) electrons. The highest BCUT2D eigenvalue weighted by atomic mass is 19.2. The molecular formula is C9H13BF2O. The van der Waals surface area contributed by atoms with Crippen LogP contribution in [0.4, 0.5) is 8.78 Å². The van der Waals surface area contributed by atoms with Crippen molar-refractivity contribution in [1.29, 1.82) is 0 Å². The topological polar surface area (TPSA) is 9.23 Å². The summed E-state index contributed by atoms with van der Waals surface area (Å²) in [6.45, 7) is 3.97. The van der Waals surface area contributed by atoms with Crippen LogP contribution in [0.2, 0.25) is 0 Å². The minimum Gasteiger partial charge on any atom is -0.495 e. The van der Waals surface area contributed by atoms with E-state index in [0.717, 1.165) is 0 Å². The van der Waals surface area contributed by atoms with Crippen LogP contribution in [0, 0.1) is 5.92 Å². The maximum absolute atomic E-state index is 13.3. The van der Waals surface area contributed by atoms with Gasteiger partial charge < -0.3 is 4.74 Å². The summed E-state index contributed by atoms with van der Waals surface area (Å²) in [5, 5.41) is 0.